The third kappa shape index (κ3) is 4.75. The van der Waals surface area contributed by atoms with Gasteiger partial charge in [0.05, 0.1) is 6.10 Å². The normalized spacial score (nSPS) is 18.0. The zero-order valence-corrected chi connectivity index (χ0v) is 13.9. The molecule has 0 bridgehead atoms. The van der Waals surface area contributed by atoms with Crippen LogP contribution in [0.4, 0.5) is 0 Å². The Labute approximate surface area is 142 Å². The molecule has 0 aliphatic carbocycles. The van der Waals surface area contributed by atoms with Crippen molar-refractivity contribution < 1.29 is 5.11 Å². The monoisotopic (exact) mass is 331 g/mol. The van der Waals surface area contributed by atoms with Gasteiger partial charge in [0.25, 0.3) is 0 Å². The number of aliphatic hydroxyl groups is 1. The second kappa shape index (κ2) is 7.88. The average molecular weight is 332 g/mol. The fourth-order valence-electron chi connectivity index (χ4n) is 2.94. The molecule has 3 rings (SSSR count). The summed E-state index contributed by atoms with van der Waals surface area (Å²) >= 11 is 5.99. The van der Waals surface area contributed by atoms with Gasteiger partial charge in [-0.2, -0.15) is 0 Å². The van der Waals surface area contributed by atoms with E-state index >= 15 is 0 Å². The van der Waals surface area contributed by atoms with E-state index in [9.17, 15) is 5.11 Å². The summed E-state index contributed by atoms with van der Waals surface area (Å²) in [6.45, 7) is 5.61. The molecule has 1 aromatic carbocycles. The van der Waals surface area contributed by atoms with Gasteiger partial charge in [-0.05, 0) is 35.4 Å². The Morgan fingerprint density at radius 2 is 1.74 bits per heavy atom. The van der Waals surface area contributed by atoms with Crippen molar-refractivity contribution in [2.75, 3.05) is 32.7 Å². The highest BCUT2D eigenvalue weighted by Crippen LogP contribution is 2.19. The standard InChI is InChI=1S/C18H22ClN3O/c19-17-3-1-2-16(12-17)18(23)14-22-10-8-21(9-11-22)13-15-4-6-20-7-5-15/h1-7,12,18,23H,8-11,13-14H2. The maximum absolute atomic E-state index is 10.4. The highest BCUT2D eigenvalue weighted by Gasteiger charge is 2.20. The van der Waals surface area contributed by atoms with Crippen molar-refractivity contribution in [3.05, 3.63) is 64.9 Å². The molecule has 23 heavy (non-hydrogen) atoms. The number of benzene rings is 1. The molecule has 5 heteroatoms. The molecule has 0 saturated carbocycles. The smallest absolute Gasteiger partial charge is 0.0917 e. The van der Waals surface area contributed by atoms with Crippen LogP contribution in [-0.2, 0) is 6.54 Å². The fraction of sp³-hybridized carbons (Fsp3) is 0.389. The van der Waals surface area contributed by atoms with Crippen LogP contribution >= 0.6 is 11.6 Å². The Bertz CT molecular complexity index is 615. The van der Waals surface area contributed by atoms with Crippen LogP contribution in [0.3, 0.4) is 0 Å². The van der Waals surface area contributed by atoms with Gasteiger partial charge in [0.1, 0.15) is 0 Å². The van der Waals surface area contributed by atoms with Crippen LogP contribution in [0.25, 0.3) is 0 Å². The van der Waals surface area contributed by atoms with E-state index in [1.807, 2.05) is 36.7 Å². The van der Waals surface area contributed by atoms with Gasteiger partial charge in [-0.1, -0.05) is 23.7 Å². The highest BCUT2D eigenvalue weighted by atomic mass is 35.5. The van der Waals surface area contributed by atoms with Crippen LogP contribution < -0.4 is 0 Å². The SMILES string of the molecule is OC(CN1CCN(Cc2ccncc2)CC1)c1cccc(Cl)c1. The third-order valence-corrected chi connectivity index (χ3v) is 4.52. The number of aromatic nitrogens is 1. The first-order chi connectivity index (χ1) is 11.2. The number of piperazine rings is 1. The Morgan fingerprint density at radius 3 is 2.43 bits per heavy atom. The van der Waals surface area contributed by atoms with Gasteiger partial charge >= 0.3 is 0 Å². The molecule has 1 N–H and O–H groups in total. The predicted molar refractivity (Wildman–Crippen MR) is 92.4 cm³/mol. The molecular weight excluding hydrogens is 310 g/mol. The lowest BCUT2D eigenvalue weighted by Crippen LogP contribution is -2.47. The summed E-state index contributed by atoms with van der Waals surface area (Å²) in [5, 5.41) is 11.0. The fourth-order valence-corrected chi connectivity index (χ4v) is 3.14. The molecule has 1 saturated heterocycles. The summed E-state index contributed by atoms with van der Waals surface area (Å²) in [5.74, 6) is 0. The summed E-state index contributed by atoms with van der Waals surface area (Å²) in [6.07, 6.45) is 3.19. The lowest BCUT2D eigenvalue weighted by Gasteiger charge is -2.35. The molecule has 2 heterocycles. The van der Waals surface area contributed by atoms with Crippen molar-refractivity contribution in [3.63, 3.8) is 0 Å². The molecule has 1 unspecified atom stereocenters. The lowest BCUT2D eigenvalue weighted by atomic mass is 10.1. The van der Waals surface area contributed by atoms with Crippen LogP contribution in [0.2, 0.25) is 5.02 Å². The van der Waals surface area contributed by atoms with Crippen LogP contribution in [0.15, 0.2) is 48.8 Å². The largest absolute Gasteiger partial charge is 0.387 e. The zero-order valence-electron chi connectivity index (χ0n) is 13.1. The van der Waals surface area contributed by atoms with E-state index in [-0.39, 0.29) is 0 Å². The Hall–Kier alpha value is -1.46. The van der Waals surface area contributed by atoms with Crippen molar-refractivity contribution in [2.45, 2.75) is 12.6 Å². The van der Waals surface area contributed by atoms with Gasteiger partial charge in [-0.25, -0.2) is 0 Å². The van der Waals surface area contributed by atoms with E-state index in [4.69, 9.17) is 11.6 Å². The maximum atomic E-state index is 10.4. The van der Waals surface area contributed by atoms with Crippen molar-refractivity contribution >= 4 is 11.6 Å². The summed E-state index contributed by atoms with van der Waals surface area (Å²) in [5.41, 5.74) is 2.18. The van der Waals surface area contributed by atoms with Crippen LogP contribution in [0.5, 0.6) is 0 Å². The number of β-amino-alcohol motifs (C(OH)–C–C–N with tert-alkyl or cyclic N) is 1. The van der Waals surface area contributed by atoms with Gasteiger partial charge in [-0.15, -0.1) is 0 Å². The quantitative estimate of drug-likeness (QED) is 0.914. The Morgan fingerprint density at radius 1 is 1.04 bits per heavy atom. The number of pyridine rings is 1. The van der Waals surface area contributed by atoms with E-state index < -0.39 is 6.10 Å². The Balaban J connectivity index is 1.47. The van der Waals surface area contributed by atoms with E-state index in [0.717, 1.165) is 38.3 Å². The topological polar surface area (TPSA) is 39.6 Å². The summed E-state index contributed by atoms with van der Waals surface area (Å²) in [4.78, 5) is 8.81. The van der Waals surface area contributed by atoms with Crippen molar-refractivity contribution in [1.29, 1.82) is 0 Å². The lowest BCUT2D eigenvalue weighted by molar-refractivity contribution is 0.0701. The van der Waals surface area contributed by atoms with Gasteiger partial charge < -0.3 is 5.11 Å². The minimum absolute atomic E-state index is 0.486. The summed E-state index contributed by atoms with van der Waals surface area (Å²) in [6, 6.07) is 11.6. The molecular formula is C18H22ClN3O. The second-order valence-corrected chi connectivity index (χ2v) is 6.44. The average Bonchev–Trinajstić information content (AvgIpc) is 2.57. The molecule has 0 radical (unpaired) electrons. The van der Waals surface area contributed by atoms with Gasteiger partial charge in [0, 0.05) is 56.7 Å². The number of nitrogens with zero attached hydrogens (tertiary/aromatic N) is 3. The minimum Gasteiger partial charge on any atom is -0.387 e. The van der Waals surface area contributed by atoms with E-state index in [1.165, 1.54) is 5.56 Å². The van der Waals surface area contributed by atoms with Crippen molar-refractivity contribution in [3.8, 4) is 0 Å². The number of hydrogen-bond acceptors (Lipinski definition) is 4. The molecule has 122 valence electrons. The first-order valence-corrected chi connectivity index (χ1v) is 8.35. The van der Waals surface area contributed by atoms with Gasteiger partial charge in [0.15, 0.2) is 0 Å². The number of aliphatic hydroxyl groups excluding tert-OH is 1. The molecule has 1 aliphatic rings. The van der Waals surface area contributed by atoms with E-state index in [2.05, 4.69) is 26.9 Å². The molecule has 0 amide bonds. The molecule has 1 aliphatic heterocycles. The highest BCUT2D eigenvalue weighted by molar-refractivity contribution is 6.30. The maximum Gasteiger partial charge on any atom is 0.0917 e. The second-order valence-electron chi connectivity index (χ2n) is 6.00. The van der Waals surface area contributed by atoms with E-state index in [1.54, 1.807) is 0 Å². The minimum atomic E-state index is -0.486. The number of hydrogen-bond donors (Lipinski definition) is 1. The molecule has 1 atom stereocenters. The van der Waals surface area contributed by atoms with Gasteiger partial charge in [-0.3, -0.25) is 14.8 Å². The molecule has 4 nitrogen and oxygen atoms in total. The molecule has 1 fully saturated rings. The molecule has 2 aromatic rings. The third-order valence-electron chi connectivity index (χ3n) is 4.29. The summed E-state index contributed by atoms with van der Waals surface area (Å²) < 4.78 is 0. The van der Waals surface area contributed by atoms with Crippen LogP contribution in [0, 0.1) is 0 Å². The number of rotatable bonds is 5. The Kier molecular flexibility index (Phi) is 5.62. The first kappa shape index (κ1) is 16.4. The van der Waals surface area contributed by atoms with Gasteiger partial charge in [0.2, 0.25) is 0 Å². The van der Waals surface area contributed by atoms with Crippen LogP contribution in [0.1, 0.15) is 17.2 Å². The van der Waals surface area contributed by atoms with E-state index in [0.29, 0.717) is 11.6 Å². The van der Waals surface area contributed by atoms with Crippen molar-refractivity contribution in [1.82, 2.24) is 14.8 Å². The van der Waals surface area contributed by atoms with Crippen LogP contribution in [-0.4, -0.2) is 52.6 Å². The zero-order chi connectivity index (χ0) is 16.1. The van der Waals surface area contributed by atoms with Crippen molar-refractivity contribution in [2.24, 2.45) is 0 Å². The predicted octanol–water partition coefficient (Wildman–Crippen LogP) is 2.59. The molecule has 1 aromatic heterocycles. The first-order valence-electron chi connectivity index (χ1n) is 7.98. The number of halogens is 1. The summed E-state index contributed by atoms with van der Waals surface area (Å²) in [7, 11) is 0. The molecule has 0 spiro atoms.